The zero-order valence-electron chi connectivity index (χ0n) is 7.37. The minimum atomic E-state index is -0.697. The second-order valence-electron chi connectivity index (χ2n) is 2.91. The molecule has 1 aromatic rings. The molecule has 0 amide bonds. The fourth-order valence-electron chi connectivity index (χ4n) is 1.19. The second-order valence-corrected chi connectivity index (χ2v) is 3.76. The van der Waals surface area contributed by atoms with Gasteiger partial charge in [-0.05, 0) is 34.5 Å². The van der Waals surface area contributed by atoms with Gasteiger partial charge >= 0.3 is 0 Å². The van der Waals surface area contributed by atoms with Gasteiger partial charge in [0.2, 0.25) is 0 Å². The quantitative estimate of drug-likeness (QED) is 0.778. The largest absolute Gasteiger partial charge is 0.506 e. The number of phenolic OH excluding ortho intramolecular Hbond substituents is 1. The van der Waals surface area contributed by atoms with E-state index in [0.717, 1.165) is 0 Å². The van der Waals surface area contributed by atoms with Gasteiger partial charge in [-0.2, -0.15) is 0 Å². The van der Waals surface area contributed by atoms with E-state index in [4.69, 9.17) is 10.8 Å². The molecule has 0 heterocycles. The normalized spacial score (nSPS) is 12.9. The van der Waals surface area contributed by atoms with E-state index in [1.807, 2.05) is 0 Å². The maximum Gasteiger partial charge on any atom is 0.137 e. The highest BCUT2D eigenvalue weighted by molar-refractivity contribution is 9.10. The topological polar surface area (TPSA) is 66.5 Å². The van der Waals surface area contributed by atoms with Crippen LogP contribution in [0.15, 0.2) is 16.6 Å². The van der Waals surface area contributed by atoms with Crippen molar-refractivity contribution in [2.75, 3.05) is 6.61 Å². The molecule has 78 valence electrons. The highest BCUT2D eigenvalue weighted by Gasteiger charge is 2.17. The molecule has 0 unspecified atom stereocenters. The van der Waals surface area contributed by atoms with Crippen LogP contribution in [-0.2, 0) is 0 Å². The Kier molecular flexibility index (Phi) is 3.86. The van der Waals surface area contributed by atoms with E-state index in [-0.39, 0.29) is 24.3 Å². The van der Waals surface area contributed by atoms with Crippen LogP contribution in [0.25, 0.3) is 0 Å². The van der Waals surface area contributed by atoms with E-state index >= 15 is 0 Å². The molecule has 0 fully saturated rings. The molecule has 14 heavy (non-hydrogen) atoms. The Labute approximate surface area is 89.5 Å². The molecule has 1 aromatic carbocycles. The number of aliphatic hydroxyl groups excluding tert-OH is 1. The fourth-order valence-corrected chi connectivity index (χ4v) is 1.54. The van der Waals surface area contributed by atoms with Crippen molar-refractivity contribution in [1.82, 2.24) is 0 Å². The molecular weight excluding hydrogens is 253 g/mol. The molecule has 3 nitrogen and oxygen atoms in total. The van der Waals surface area contributed by atoms with Crippen molar-refractivity contribution in [3.63, 3.8) is 0 Å². The second kappa shape index (κ2) is 4.72. The lowest BCUT2D eigenvalue weighted by molar-refractivity contribution is 0.274. The zero-order chi connectivity index (χ0) is 10.7. The van der Waals surface area contributed by atoms with Crippen LogP contribution in [-0.4, -0.2) is 16.8 Å². The lowest BCUT2D eigenvalue weighted by atomic mass is 10.0. The smallest absolute Gasteiger partial charge is 0.137 e. The van der Waals surface area contributed by atoms with Gasteiger partial charge in [0.15, 0.2) is 0 Å². The summed E-state index contributed by atoms with van der Waals surface area (Å²) in [4.78, 5) is 0. The van der Waals surface area contributed by atoms with Gasteiger partial charge in [0, 0.05) is 18.2 Å². The molecule has 0 aromatic heterocycles. The van der Waals surface area contributed by atoms with E-state index in [9.17, 15) is 9.50 Å². The lowest BCUT2D eigenvalue weighted by Gasteiger charge is -2.14. The molecule has 4 N–H and O–H groups in total. The predicted molar refractivity (Wildman–Crippen MR) is 54.4 cm³/mol. The lowest BCUT2D eigenvalue weighted by Crippen LogP contribution is -2.14. The molecule has 0 aliphatic carbocycles. The van der Waals surface area contributed by atoms with E-state index in [1.165, 1.54) is 12.1 Å². The summed E-state index contributed by atoms with van der Waals surface area (Å²) in [6.45, 7) is -0.146. The van der Waals surface area contributed by atoms with Crippen LogP contribution in [0.4, 0.5) is 4.39 Å². The number of phenols is 1. The molecule has 1 rings (SSSR count). The summed E-state index contributed by atoms with van der Waals surface area (Å²) in [5.74, 6) is -0.766. The first-order valence-corrected chi connectivity index (χ1v) is 4.90. The molecule has 5 heteroatoms. The average molecular weight is 264 g/mol. The summed E-state index contributed by atoms with van der Waals surface area (Å²) in [7, 11) is 0. The summed E-state index contributed by atoms with van der Waals surface area (Å²) in [6, 6.07) is 1.92. The minimum absolute atomic E-state index is 0.0356. The van der Waals surface area contributed by atoms with Crippen molar-refractivity contribution in [3.8, 4) is 5.75 Å². The van der Waals surface area contributed by atoms with Crippen molar-refractivity contribution in [1.29, 1.82) is 0 Å². The number of aliphatic hydroxyl groups is 1. The van der Waals surface area contributed by atoms with Gasteiger partial charge in [-0.1, -0.05) is 0 Å². The van der Waals surface area contributed by atoms with Gasteiger partial charge in [-0.25, -0.2) is 4.39 Å². The van der Waals surface area contributed by atoms with Crippen molar-refractivity contribution < 1.29 is 14.6 Å². The predicted octanol–water partition coefficient (Wildman–Crippen LogP) is 1.68. The van der Waals surface area contributed by atoms with E-state index in [0.29, 0.717) is 4.47 Å². The van der Waals surface area contributed by atoms with Crippen LogP contribution in [0.5, 0.6) is 5.75 Å². The molecule has 0 aliphatic heterocycles. The van der Waals surface area contributed by atoms with E-state index < -0.39 is 11.9 Å². The van der Waals surface area contributed by atoms with Gasteiger partial charge < -0.3 is 15.9 Å². The first kappa shape index (κ1) is 11.4. The maximum atomic E-state index is 13.3. The van der Waals surface area contributed by atoms with Crippen LogP contribution < -0.4 is 5.73 Å². The Morgan fingerprint density at radius 2 is 2.14 bits per heavy atom. The molecule has 1 atom stereocenters. The van der Waals surface area contributed by atoms with Crippen molar-refractivity contribution in [3.05, 3.63) is 28.0 Å². The Balaban J connectivity index is 3.11. The Morgan fingerprint density at radius 1 is 1.50 bits per heavy atom. The Morgan fingerprint density at radius 3 is 2.71 bits per heavy atom. The zero-order valence-corrected chi connectivity index (χ0v) is 8.96. The van der Waals surface area contributed by atoms with Crippen LogP contribution in [0.3, 0.4) is 0 Å². The van der Waals surface area contributed by atoms with Crippen LogP contribution >= 0.6 is 15.9 Å². The van der Waals surface area contributed by atoms with Crippen molar-refractivity contribution >= 4 is 15.9 Å². The van der Waals surface area contributed by atoms with Gasteiger partial charge in [0.05, 0.1) is 4.47 Å². The average Bonchev–Trinajstić information content (AvgIpc) is 2.13. The monoisotopic (exact) mass is 263 g/mol. The third-order valence-corrected chi connectivity index (χ3v) is 2.57. The Hall–Kier alpha value is -0.650. The number of halogens is 2. The van der Waals surface area contributed by atoms with Crippen LogP contribution in [0.2, 0.25) is 0 Å². The minimum Gasteiger partial charge on any atom is -0.506 e. The summed E-state index contributed by atoms with van der Waals surface area (Å²) in [5, 5.41) is 18.2. The summed E-state index contributed by atoms with van der Waals surface area (Å²) in [6.07, 6.45) is 0.209. The van der Waals surface area contributed by atoms with Gasteiger partial charge in [-0.3, -0.25) is 0 Å². The van der Waals surface area contributed by atoms with Gasteiger partial charge in [0.25, 0.3) is 0 Å². The first-order valence-electron chi connectivity index (χ1n) is 4.11. The van der Waals surface area contributed by atoms with Gasteiger partial charge in [-0.15, -0.1) is 0 Å². The first-order chi connectivity index (χ1) is 6.57. The van der Waals surface area contributed by atoms with Gasteiger partial charge in [0.1, 0.15) is 11.6 Å². The highest BCUT2D eigenvalue weighted by atomic mass is 79.9. The van der Waals surface area contributed by atoms with Crippen LogP contribution in [0.1, 0.15) is 18.0 Å². The fraction of sp³-hybridized carbons (Fsp3) is 0.333. The molecule has 0 bridgehead atoms. The van der Waals surface area contributed by atoms with E-state index in [1.54, 1.807) is 0 Å². The number of nitrogens with two attached hydrogens (primary N) is 1. The van der Waals surface area contributed by atoms with Crippen molar-refractivity contribution in [2.45, 2.75) is 12.5 Å². The maximum absolute atomic E-state index is 13.3. The molecular formula is C9H11BrFNO2. The standard InChI is InChI=1S/C9H11BrFNO2/c10-5-1-2-6(11)8(9(5)14)7(12)3-4-13/h1-2,7,13-14H,3-4,12H2/t7-/m0/s1. The summed E-state index contributed by atoms with van der Waals surface area (Å²) >= 11 is 3.06. The number of aromatic hydroxyl groups is 1. The van der Waals surface area contributed by atoms with Crippen molar-refractivity contribution in [2.24, 2.45) is 5.73 Å². The third-order valence-electron chi connectivity index (χ3n) is 1.93. The third kappa shape index (κ3) is 2.23. The molecule has 0 radical (unpaired) electrons. The summed E-state index contributed by atoms with van der Waals surface area (Å²) in [5.41, 5.74) is 5.63. The number of benzene rings is 1. The number of rotatable bonds is 3. The molecule has 0 aliphatic rings. The highest BCUT2D eigenvalue weighted by Crippen LogP contribution is 2.33. The number of hydrogen-bond donors (Lipinski definition) is 3. The Bertz CT molecular complexity index is 333. The summed E-state index contributed by atoms with van der Waals surface area (Å²) < 4.78 is 13.7. The van der Waals surface area contributed by atoms with Crippen LogP contribution in [0, 0.1) is 5.82 Å². The van der Waals surface area contributed by atoms with E-state index in [2.05, 4.69) is 15.9 Å². The molecule has 0 spiro atoms. The molecule has 0 saturated heterocycles. The molecule has 0 saturated carbocycles. The number of hydrogen-bond acceptors (Lipinski definition) is 3. The SMILES string of the molecule is N[C@@H](CCO)c1c(F)ccc(Br)c1O.